The second kappa shape index (κ2) is 5.45. The van der Waals surface area contributed by atoms with E-state index in [1.807, 2.05) is 4.90 Å². The number of nitro groups is 1. The number of anilines is 1. The lowest BCUT2D eigenvalue weighted by molar-refractivity contribution is -0.384. The van der Waals surface area contributed by atoms with Gasteiger partial charge in [-0.1, -0.05) is 0 Å². The monoisotopic (exact) mass is 295 g/mol. The Balaban J connectivity index is 1.92. The van der Waals surface area contributed by atoms with Crippen LogP contribution >= 0.6 is 0 Å². The minimum absolute atomic E-state index is 0.0363. The number of rotatable bonds is 3. The smallest absolute Gasteiger partial charge is 0.311 e. The molecule has 2 saturated heterocycles. The van der Waals surface area contributed by atoms with Gasteiger partial charge in [0.1, 0.15) is 0 Å². The van der Waals surface area contributed by atoms with Crippen molar-refractivity contribution in [2.75, 3.05) is 38.3 Å². The molecule has 114 valence electrons. The van der Waals surface area contributed by atoms with Crippen molar-refractivity contribution in [2.45, 2.75) is 18.6 Å². The van der Waals surface area contributed by atoms with Gasteiger partial charge in [-0.05, 0) is 6.42 Å². The summed E-state index contributed by atoms with van der Waals surface area (Å²) in [7, 11) is 1.48. The van der Waals surface area contributed by atoms with Gasteiger partial charge in [0.2, 0.25) is 11.7 Å². The molecule has 2 aliphatic heterocycles. The summed E-state index contributed by atoms with van der Waals surface area (Å²) in [5.74, 6) is -0.00217. The Hall–Kier alpha value is -1.93. The molecule has 0 bridgehead atoms. The number of methoxy groups -OCH3 is 1. The van der Waals surface area contributed by atoms with Crippen LogP contribution in [0.2, 0.25) is 0 Å². The third kappa shape index (κ3) is 2.64. The van der Waals surface area contributed by atoms with Gasteiger partial charge in [-0.25, -0.2) is 0 Å². The number of piperidine rings is 1. The third-order valence-corrected chi connectivity index (χ3v) is 3.77. The van der Waals surface area contributed by atoms with Crippen molar-refractivity contribution in [3.05, 3.63) is 22.2 Å². The van der Waals surface area contributed by atoms with Crippen LogP contribution in [0.1, 0.15) is 12.8 Å². The second-order valence-corrected chi connectivity index (χ2v) is 5.09. The molecule has 0 aromatic carbocycles. The predicted octanol–water partition coefficient (Wildman–Crippen LogP) is 1.34. The van der Waals surface area contributed by atoms with Crippen molar-refractivity contribution < 1.29 is 19.1 Å². The molecule has 0 aliphatic carbocycles. The summed E-state index contributed by atoms with van der Waals surface area (Å²) in [5, 5.41) is 11.2. The summed E-state index contributed by atoms with van der Waals surface area (Å²) in [4.78, 5) is 16.9. The Morgan fingerprint density at radius 2 is 2.19 bits per heavy atom. The Morgan fingerprint density at radius 3 is 2.86 bits per heavy atom. The van der Waals surface area contributed by atoms with Crippen molar-refractivity contribution in [1.29, 1.82) is 0 Å². The molecular weight excluding hydrogens is 278 g/mol. The third-order valence-electron chi connectivity index (χ3n) is 3.77. The Bertz CT molecular complexity index is 545. The molecule has 0 atom stereocenters. The van der Waals surface area contributed by atoms with Crippen molar-refractivity contribution in [1.82, 2.24) is 4.98 Å². The molecule has 2 fully saturated rings. The van der Waals surface area contributed by atoms with E-state index in [4.69, 9.17) is 14.2 Å². The lowest BCUT2D eigenvalue weighted by Gasteiger charge is -2.38. The molecule has 0 saturated carbocycles. The molecule has 21 heavy (non-hydrogen) atoms. The van der Waals surface area contributed by atoms with Crippen LogP contribution in [-0.4, -0.2) is 49.1 Å². The summed E-state index contributed by atoms with van der Waals surface area (Å²) in [5.41, 5.74) is -0.0363. The van der Waals surface area contributed by atoms with E-state index in [1.54, 1.807) is 0 Å². The topological polar surface area (TPSA) is 87.0 Å². The number of hydrogen-bond acceptors (Lipinski definition) is 7. The summed E-state index contributed by atoms with van der Waals surface area (Å²) in [6.45, 7) is 2.23. The van der Waals surface area contributed by atoms with Crippen LogP contribution in [0.4, 0.5) is 11.5 Å². The first-order chi connectivity index (χ1) is 10.1. The van der Waals surface area contributed by atoms with Gasteiger partial charge in [-0.15, -0.1) is 0 Å². The van der Waals surface area contributed by atoms with Gasteiger partial charge < -0.3 is 19.1 Å². The first-order valence-corrected chi connectivity index (χ1v) is 6.86. The SMILES string of the molecule is COc1ccc([N+](=O)[O-])c(N2CCCC3(C2)OCCO3)n1. The maximum atomic E-state index is 11.2. The first kappa shape index (κ1) is 14.0. The molecule has 0 radical (unpaired) electrons. The van der Waals surface area contributed by atoms with Crippen LogP contribution < -0.4 is 9.64 Å². The van der Waals surface area contributed by atoms with Gasteiger partial charge in [0.25, 0.3) is 0 Å². The fourth-order valence-corrected chi connectivity index (χ4v) is 2.81. The molecule has 1 spiro atoms. The van der Waals surface area contributed by atoms with Gasteiger partial charge in [-0.2, -0.15) is 4.98 Å². The summed E-state index contributed by atoms with van der Waals surface area (Å²) >= 11 is 0. The van der Waals surface area contributed by atoms with Crippen LogP contribution in [-0.2, 0) is 9.47 Å². The van der Waals surface area contributed by atoms with Crippen molar-refractivity contribution in [2.24, 2.45) is 0 Å². The average molecular weight is 295 g/mol. The van der Waals surface area contributed by atoms with E-state index in [0.29, 0.717) is 38.0 Å². The minimum Gasteiger partial charge on any atom is -0.481 e. The van der Waals surface area contributed by atoms with E-state index < -0.39 is 10.7 Å². The lowest BCUT2D eigenvalue weighted by Crippen LogP contribution is -2.49. The molecule has 1 aromatic heterocycles. The first-order valence-electron chi connectivity index (χ1n) is 6.86. The number of nitrogens with zero attached hydrogens (tertiary/aromatic N) is 3. The highest BCUT2D eigenvalue weighted by Gasteiger charge is 2.42. The Kier molecular flexibility index (Phi) is 3.64. The normalized spacial score (nSPS) is 20.7. The molecule has 8 heteroatoms. The van der Waals surface area contributed by atoms with E-state index in [9.17, 15) is 10.1 Å². The van der Waals surface area contributed by atoms with Gasteiger partial charge >= 0.3 is 5.69 Å². The number of pyridine rings is 1. The zero-order valence-electron chi connectivity index (χ0n) is 11.8. The van der Waals surface area contributed by atoms with Crippen LogP contribution in [0, 0.1) is 10.1 Å². The quantitative estimate of drug-likeness (QED) is 0.614. The van der Waals surface area contributed by atoms with Crippen LogP contribution in [0.3, 0.4) is 0 Å². The molecular formula is C13H17N3O5. The van der Waals surface area contributed by atoms with Gasteiger partial charge in [-0.3, -0.25) is 10.1 Å². The fraction of sp³-hybridized carbons (Fsp3) is 0.615. The van der Waals surface area contributed by atoms with E-state index in [0.717, 1.165) is 12.8 Å². The standard InChI is InChI=1S/C13H17N3O5/c1-19-11-4-3-10(16(17)18)12(14-11)15-6-2-5-13(9-15)20-7-8-21-13/h3-4H,2,5-9H2,1H3. The van der Waals surface area contributed by atoms with Gasteiger partial charge in [0.05, 0.1) is 31.8 Å². The zero-order valence-corrected chi connectivity index (χ0v) is 11.8. The van der Waals surface area contributed by atoms with Crippen molar-refractivity contribution >= 4 is 11.5 Å². The number of ether oxygens (including phenoxy) is 3. The molecule has 0 unspecified atom stereocenters. The average Bonchev–Trinajstić information content (AvgIpc) is 2.94. The second-order valence-electron chi connectivity index (χ2n) is 5.09. The maximum Gasteiger partial charge on any atom is 0.311 e. The van der Waals surface area contributed by atoms with E-state index >= 15 is 0 Å². The Morgan fingerprint density at radius 1 is 1.43 bits per heavy atom. The highest BCUT2D eigenvalue weighted by atomic mass is 16.7. The summed E-state index contributed by atoms with van der Waals surface area (Å²) in [6.07, 6.45) is 1.62. The maximum absolute atomic E-state index is 11.2. The highest BCUT2D eigenvalue weighted by Crippen LogP contribution is 2.36. The fourth-order valence-electron chi connectivity index (χ4n) is 2.81. The Labute approximate surface area is 121 Å². The number of aromatic nitrogens is 1. The zero-order chi connectivity index (χ0) is 14.9. The van der Waals surface area contributed by atoms with Crippen LogP contribution in [0.15, 0.2) is 12.1 Å². The molecule has 0 amide bonds. The molecule has 3 heterocycles. The van der Waals surface area contributed by atoms with Crippen molar-refractivity contribution in [3.63, 3.8) is 0 Å². The predicted molar refractivity (Wildman–Crippen MR) is 73.5 cm³/mol. The molecule has 8 nitrogen and oxygen atoms in total. The summed E-state index contributed by atoms with van der Waals surface area (Å²) in [6, 6.07) is 2.91. The van der Waals surface area contributed by atoms with Gasteiger partial charge in [0, 0.05) is 25.1 Å². The molecule has 3 rings (SSSR count). The van der Waals surface area contributed by atoms with Crippen LogP contribution in [0.25, 0.3) is 0 Å². The lowest BCUT2D eigenvalue weighted by atomic mass is 10.0. The molecule has 2 aliphatic rings. The van der Waals surface area contributed by atoms with E-state index in [2.05, 4.69) is 4.98 Å². The van der Waals surface area contributed by atoms with Crippen LogP contribution in [0.5, 0.6) is 5.88 Å². The highest BCUT2D eigenvalue weighted by molar-refractivity contribution is 5.59. The summed E-state index contributed by atoms with van der Waals surface area (Å²) < 4.78 is 16.5. The minimum atomic E-state index is -0.656. The molecule has 0 N–H and O–H groups in total. The van der Waals surface area contributed by atoms with E-state index in [1.165, 1.54) is 19.2 Å². The van der Waals surface area contributed by atoms with E-state index in [-0.39, 0.29) is 5.69 Å². The largest absolute Gasteiger partial charge is 0.481 e. The van der Waals surface area contributed by atoms with Gasteiger partial charge in [0.15, 0.2) is 5.79 Å². The van der Waals surface area contributed by atoms with Crippen molar-refractivity contribution in [3.8, 4) is 5.88 Å². The molecule has 1 aromatic rings. The number of hydrogen-bond donors (Lipinski definition) is 0.